The number of halogens is 6. The summed E-state index contributed by atoms with van der Waals surface area (Å²) in [5, 5.41) is 13.1. The van der Waals surface area contributed by atoms with Crippen molar-refractivity contribution in [3.05, 3.63) is 34.9 Å². The summed E-state index contributed by atoms with van der Waals surface area (Å²) in [7, 11) is 0. The van der Waals surface area contributed by atoms with Crippen molar-refractivity contribution < 1.29 is 26.3 Å². The van der Waals surface area contributed by atoms with Gasteiger partial charge in [-0.3, -0.25) is 5.41 Å². The first-order chi connectivity index (χ1) is 14.5. The van der Waals surface area contributed by atoms with Crippen LogP contribution in [-0.4, -0.2) is 12.5 Å². The second-order valence-corrected chi connectivity index (χ2v) is 7.75. The fourth-order valence-electron chi connectivity index (χ4n) is 3.20. The predicted octanol–water partition coefficient (Wildman–Crippen LogP) is 7.26. The molecule has 0 amide bonds. The highest BCUT2D eigenvalue weighted by Gasteiger charge is 2.36. The third kappa shape index (κ3) is 11.9. The molecule has 178 valence electrons. The minimum absolute atomic E-state index is 0.0955. The summed E-state index contributed by atoms with van der Waals surface area (Å²) in [6.45, 7) is 2.41. The van der Waals surface area contributed by atoms with Crippen molar-refractivity contribution in [2.75, 3.05) is 6.54 Å². The van der Waals surface area contributed by atoms with Crippen LogP contribution in [0.2, 0.25) is 0 Å². The highest BCUT2D eigenvalue weighted by Crippen LogP contribution is 2.36. The Labute approximate surface area is 180 Å². The van der Waals surface area contributed by atoms with Crippen molar-refractivity contribution in [3.63, 3.8) is 0 Å². The molecule has 31 heavy (non-hydrogen) atoms. The van der Waals surface area contributed by atoms with E-state index in [1.807, 2.05) is 0 Å². The molecule has 3 N–H and O–H groups in total. The van der Waals surface area contributed by atoms with Gasteiger partial charge in [-0.1, -0.05) is 64.7 Å². The van der Waals surface area contributed by atoms with Crippen molar-refractivity contribution in [1.29, 1.82) is 5.41 Å². The molecule has 3 nitrogen and oxygen atoms in total. The summed E-state index contributed by atoms with van der Waals surface area (Å²) in [5.41, 5.74) is -2.90. The Bertz CT molecular complexity index is 623. The lowest BCUT2D eigenvalue weighted by atomic mass is 10.0. The van der Waals surface area contributed by atoms with E-state index in [1.165, 1.54) is 44.9 Å². The van der Waals surface area contributed by atoms with E-state index in [-0.39, 0.29) is 24.1 Å². The fourth-order valence-corrected chi connectivity index (χ4v) is 3.20. The predicted molar refractivity (Wildman–Crippen MR) is 111 cm³/mol. The van der Waals surface area contributed by atoms with Crippen LogP contribution in [-0.2, 0) is 18.9 Å². The van der Waals surface area contributed by atoms with Gasteiger partial charge < -0.3 is 10.6 Å². The molecule has 0 heterocycles. The monoisotopic (exact) mass is 453 g/mol. The maximum atomic E-state index is 12.9. The molecule has 9 heteroatoms. The van der Waals surface area contributed by atoms with Crippen molar-refractivity contribution in [2.45, 2.75) is 90.0 Å². The van der Waals surface area contributed by atoms with Gasteiger partial charge in [0.1, 0.15) is 0 Å². The lowest BCUT2D eigenvalue weighted by Crippen LogP contribution is -2.36. The van der Waals surface area contributed by atoms with Crippen LogP contribution in [0.5, 0.6) is 0 Å². The van der Waals surface area contributed by atoms with E-state index in [2.05, 4.69) is 17.6 Å². The number of nitrogens with one attached hydrogen (secondary N) is 3. The average Bonchev–Trinajstić information content (AvgIpc) is 2.69. The van der Waals surface area contributed by atoms with E-state index in [4.69, 9.17) is 5.41 Å². The van der Waals surface area contributed by atoms with Crippen LogP contribution in [0.1, 0.15) is 87.8 Å². The Morgan fingerprint density at radius 1 is 0.710 bits per heavy atom. The zero-order valence-electron chi connectivity index (χ0n) is 18.0. The molecule has 1 aromatic carbocycles. The number of hydrogen-bond acceptors (Lipinski definition) is 1. The van der Waals surface area contributed by atoms with Gasteiger partial charge in [0.15, 0.2) is 5.96 Å². The molecule has 0 unspecified atom stereocenters. The van der Waals surface area contributed by atoms with Crippen LogP contribution in [0.15, 0.2) is 18.2 Å². The van der Waals surface area contributed by atoms with Crippen LogP contribution < -0.4 is 10.6 Å². The summed E-state index contributed by atoms with van der Waals surface area (Å²) >= 11 is 0. The van der Waals surface area contributed by atoms with E-state index in [9.17, 15) is 26.3 Å². The normalized spacial score (nSPS) is 12.1. The summed E-state index contributed by atoms with van der Waals surface area (Å²) < 4.78 is 77.3. The maximum absolute atomic E-state index is 12.9. The molecule has 0 radical (unpaired) electrons. The number of guanidine groups is 1. The van der Waals surface area contributed by atoms with Gasteiger partial charge in [0.2, 0.25) is 0 Å². The van der Waals surface area contributed by atoms with Crippen LogP contribution in [0.4, 0.5) is 26.3 Å². The fraction of sp³-hybridized carbons (Fsp3) is 0.682. The molecule has 1 aromatic rings. The van der Waals surface area contributed by atoms with Crippen molar-refractivity contribution >= 4 is 5.96 Å². The molecule has 0 aromatic heterocycles. The average molecular weight is 454 g/mol. The number of hydrogen-bond donors (Lipinski definition) is 3. The first-order valence-electron chi connectivity index (χ1n) is 10.9. The molecule has 0 saturated carbocycles. The summed E-state index contributed by atoms with van der Waals surface area (Å²) in [4.78, 5) is 0. The Kier molecular flexibility index (Phi) is 11.8. The second-order valence-electron chi connectivity index (χ2n) is 7.75. The van der Waals surface area contributed by atoms with Crippen molar-refractivity contribution in [1.82, 2.24) is 10.6 Å². The van der Waals surface area contributed by atoms with Crippen LogP contribution in [0, 0.1) is 5.41 Å². The SMILES string of the molecule is CCCCCCCCCCCCNC(=N)NCc1cc(C(F)(F)F)cc(C(F)(F)F)c1. The molecular weight excluding hydrogens is 420 g/mol. The molecule has 0 aliphatic rings. The first kappa shape index (κ1) is 27.1. The lowest BCUT2D eigenvalue weighted by molar-refractivity contribution is -0.143. The van der Waals surface area contributed by atoms with Gasteiger partial charge in [-0.25, -0.2) is 0 Å². The number of benzene rings is 1. The number of alkyl halides is 6. The van der Waals surface area contributed by atoms with Crippen molar-refractivity contribution in [2.24, 2.45) is 0 Å². The second kappa shape index (κ2) is 13.5. The number of rotatable bonds is 13. The lowest BCUT2D eigenvalue weighted by Gasteiger charge is -2.15. The zero-order chi connectivity index (χ0) is 23.3. The molecule has 0 atom stereocenters. The molecule has 0 aliphatic heterocycles. The van der Waals surface area contributed by atoms with Gasteiger partial charge in [-0.15, -0.1) is 0 Å². The van der Waals surface area contributed by atoms with E-state index in [1.54, 1.807) is 0 Å². The van der Waals surface area contributed by atoms with E-state index < -0.39 is 23.5 Å². The molecule has 0 fully saturated rings. The van der Waals surface area contributed by atoms with Crippen LogP contribution in [0.3, 0.4) is 0 Å². The molecular formula is C22H33F6N3. The Balaban J connectivity index is 2.30. The highest BCUT2D eigenvalue weighted by atomic mass is 19.4. The highest BCUT2D eigenvalue weighted by molar-refractivity contribution is 5.76. The molecule has 0 bridgehead atoms. The van der Waals surface area contributed by atoms with Gasteiger partial charge >= 0.3 is 12.4 Å². The van der Waals surface area contributed by atoms with E-state index in [0.717, 1.165) is 19.3 Å². The maximum Gasteiger partial charge on any atom is 0.416 e. The van der Waals surface area contributed by atoms with Crippen LogP contribution >= 0.6 is 0 Å². The van der Waals surface area contributed by atoms with Crippen molar-refractivity contribution in [3.8, 4) is 0 Å². The minimum Gasteiger partial charge on any atom is -0.357 e. The summed E-state index contributed by atoms with van der Waals surface area (Å²) in [6, 6.07) is 1.42. The molecule has 0 saturated heterocycles. The third-order valence-electron chi connectivity index (χ3n) is 4.95. The Morgan fingerprint density at radius 2 is 1.16 bits per heavy atom. The molecule has 1 rings (SSSR count). The first-order valence-corrected chi connectivity index (χ1v) is 10.9. The smallest absolute Gasteiger partial charge is 0.357 e. The van der Waals surface area contributed by atoms with E-state index in [0.29, 0.717) is 18.7 Å². The molecule has 0 spiro atoms. The topological polar surface area (TPSA) is 47.9 Å². The van der Waals surface area contributed by atoms with Gasteiger partial charge in [-0.2, -0.15) is 26.3 Å². The largest absolute Gasteiger partial charge is 0.416 e. The number of unbranched alkanes of at least 4 members (excludes halogenated alkanes) is 9. The zero-order valence-corrected chi connectivity index (χ0v) is 18.0. The summed E-state index contributed by atoms with van der Waals surface area (Å²) in [5.74, 6) is -0.123. The van der Waals surface area contributed by atoms with Gasteiger partial charge in [0.25, 0.3) is 0 Å². The summed E-state index contributed by atoms with van der Waals surface area (Å²) in [6.07, 6.45) is 2.01. The van der Waals surface area contributed by atoms with Crippen LogP contribution in [0.25, 0.3) is 0 Å². The van der Waals surface area contributed by atoms with Gasteiger partial charge in [-0.05, 0) is 30.2 Å². The third-order valence-corrected chi connectivity index (χ3v) is 4.95. The molecule has 0 aliphatic carbocycles. The quantitative estimate of drug-likeness (QED) is 0.127. The standard InChI is InChI=1S/C22H33F6N3/c1-2-3-4-5-6-7-8-9-10-11-12-30-20(29)31-16-17-13-18(21(23,24)25)15-19(14-17)22(26,27)28/h13-15H,2-12,16H2,1H3,(H3,29,30,31). The van der Waals surface area contributed by atoms with Gasteiger partial charge in [0.05, 0.1) is 11.1 Å². The van der Waals surface area contributed by atoms with E-state index >= 15 is 0 Å². The van der Waals surface area contributed by atoms with Gasteiger partial charge in [0, 0.05) is 13.1 Å². The Morgan fingerprint density at radius 3 is 1.61 bits per heavy atom. The Hall–Kier alpha value is -1.93. The minimum atomic E-state index is -4.88.